The van der Waals surface area contributed by atoms with Crippen LogP contribution >= 0.6 is 11.8 Å². The molecule has 3 N–H and O–H groups in total. The Morgan fingerprint density at radius 2 is 2.00 bits per heavy atom. The number of hydrogen-bond donors (Lipinski definition) is 2. The summed E-state index contributed by atoms with van der Waals surface area (Å²) < 4.78 is 26.5. The molecule has 8 heteroatoms. The van der Waals surface area contributed by atoms with Crippen LogP contribution in [-0.4, -0.2) is 24.9 Å². The van der Waals surface area contributed by atoms with E-state index in [1.54, 1.807) is 24.3 Å². The molecule has 1 heterocycles. The first kappa shape index (κ1) is 13.6. The summed E-state index contributed by atoms with van der Waals surface area (Å²) in [6.45, 7) is 0. The summed E-state index contributed by atoms with van der Waals surface area (Å²) in [5, 5.41) is 8.36. The fraction of sp³-hybridized carbons (Fsp3) is 0.0909. The van der Waals surface area contributed by atoms with Gasteiger partial charge in [-0.25, -0.2) is 8.42 Å². The number of benzene rings is 1. The van der Waals surface area contributed by atoms with Gasteiger partial charge in [-0.15, -0.1) is 22.0 Å². The molecule has 100 valence electrons. The molecule has 0 radical (unpaired) electrons. The average Bonchev–Trinajstić information content (AvgIpc) is 2.39. The number of rotatable bonds is 4. The normalized spacial score (nSPS) is 11.2. The topological polar surface area (TPSA) is 98.0 Å². The molecule has 0 aliphatic heterocycles. The molecule has 1 aromatic heterocycles. The Balaban J connectivity index is 2.25. The van der Waals surface area contributed by atoms with Gasteiger partial charge in [0.2, 0.25) is 0 Å². The van der Waals surface area contributed by atoms with Crippen LogP contribution in [0.15, 0.2) is 46.3 Å². The predicted octanol–water partition coefficient (Wildman–Crippen LogP) is 1.58. The molecule has 6 nitrogen and oxygen atoms in total. The van der Waals surface area contributed by atoms with E-state index >= 15 is 0 Å². The number of nitrogens with two attached hydrogens (primary N) is 1. The standard InChI is InChI=1S/C11H12N4O2S2/c1-18-11-6-5-10(13-14-11)15-19(16,17)9-4-2-3-8(12)7-9/h2-7H,12H2,1H3,(H,13,15). The van der Waals surface area contributed by atoms with Gasteiger partial charge in [0.05, 0.1) is 4.90 Å². The van der Waals surface area contributed by atoms with Crippen molar-refractivity contribution in [1.82, 2.24) is 10.2 Å². The lowest BCUT2D eigenvalue weighted by atomic mass is 10.3. The Bertz CT molecular complexity index is 671. The lowest BCUT2D eigenvalue weighted by Gasteiger charge is -2.07. The maximum absolute atomic E-state index is 12.1. The smallest absolute Gasteiger partial charge is 0.263 e. The lowest BCUT2D eigenvalue weighted by Crippen LogP contribution is -2.14. The Kier molecular flexibility index (Phi) is 3.91. The summed E-state index contributed by atoms with van der Waals surface area (Å²) in [5.41, 5.74) is 5.94. The Morgan fingerprint density at radius 1 is 1.21 bits per heavy atom. The maximum Gasteiger partial charge on any atom is 0.263 e. The summed E-state index contributed by atoms with van der Waals surface area (Å²) in [6.07, 6.45) is 1.86. The fourth-order valence-electron chi connectivity index (χ4n) is 1.36. The first-order chi connectivity index (χ1) is 9.01. The van der Waals surface area contributed by atoms with Crippen LogP contribution in [0.2, 0.25) is 0 Å². The van der Waals surface area contributed by atoms with E-state index in [-0.39, 0.29) is 10.7 Å². The van der Waals surface area contributed by atoms with Gasteiger partial charge in [-0.2, -0.15) is 0 Å². The van der Waals surface area contributed by atoms with Crippen LogP contribution in [0.3, 0.4) is 0 Å². The molecule has 0 aliphatic rings. The third kappa shape index (κ3) is 3.36. The van der Waals surface area contributed by atoms with Crippen molar-refractivity contribution in [2.45, 2.75) is 9.92 Å². The zero-order chi connectivity index (χ0) is 13.9. The van der Waals surface area contributed by atoms with Gasteiger partial charge in [0.25, 0.3) is 10.0 Å². The van der Waals surface area contributed by atoms with E-state index in [4.69, 9.17) is 5.73 Å². The Hall–Kier alpha value is -1.80. The van der Waals surface area contributed by atoms with Crippen LogP contribution in [0.5, 0.6) is 0 Å². The highest BCUT2D eigenvalue weighted by Crippen LogP contribution is 2.17. The largest absolute Gasteiger partial charge is 0.399 e. The number of hydrogen-bond acceptors (Lipinski definition) is 6. The molecule has 2 aromatic rings. The molecule has 2 rings (SSSR count). The Morgan fingerprint density at radius 3 is 2.58 bits per heavy atom. The molecular weight excluding hydrogens is 284 g/mol. The third-order valence-electron chi connectivity index (χ3n) is 2.26. The van der Waals surface area contributed by atoms with Gasteiger partial charge in [0.15, 0.2) is 5.82 Å². The van der Waals surface area contributed by atoms with Gasteiger partial charge in [0.1, 0.15) is 5.03 Å². The van der Waals surface area contributed by atoms with Crippen LogP contribution in [-0.2, 0) is 10.0 Å². The molecule has 0 spiro atoms. The molecule has 0 atom stereocenters. The fourth-order valence-corrected chi connectivity index (χ4v) is 2.74. The summed E-state index contributed by atoms with van der Waals surface area (Å²) in [4.78, 5) is 0.0863. The number of sulfonamides is 1. The van der Waals surface area contributed by atoms with Crippen LogP contribution < -0.4 is 10.5 Å². The van der Waals surface area contributed by atoms with Gasteiger partial charge in [0, 0.05) is 5.69 Å². The minimum Gasteiger partial charge on any atom is -0.399 e. The van der Waals surface area contributed by atoms with E-state index in [9.17, 15) is 8.42 Å². The third-order valence-corrected chi connectivity index (χ3v) is 4.24. The van der Waals surface area contributed by atoms with E-state index in [1.807, 2.05) is 6.26 Å². The zero-order valence-electron chi connectivity index (χ0n) is 10.1. The molecule has 0 bridgehead atoms. The first-order valence-electron chi connectivity index (χ1n) is 5.27. The predicted molar refractivity (Wildman–Crippen MR) is 75.5 cm³/mol. The van der Waals surface area contributed by atoms with Gasteiger partial charge in [-0.3, -0.25) is 4.72 Å². The maximum atomic E-state index is 12.1. The molecule has 0 unspecified atom stereocenters. The number of nitrogens with zero attached hydrogens (tertiary/aromatic N) is 2. The highest BCUT2D eigenvalue weighted by Gasteiger charge is 2.15. The summed E-state index contributed by atoms with van der Waals surface area (Å²) in [7, 11) is -3.69. The first-order valence-corrected chi connectivity index (χ1v) is 7.98. The Labute approximate surface area is 115 Å². The highest BCUT2D eigenvalue weighted by molar-refractivity contribution is 7.98. The van der Waals surface area contributed by atoms with Crippen LogP contribution in [0.25, 0.3) is 0 Å². The van der Waals surface area contributed by atoms with Crippen molar-refractivity contribution in [2.75, 3.05) is 16.7 Å². The monoisotopic (exact) mass is 296 g/mol. The van der Waals surface area contributed by atoms with E-state index in [0.717, 1.165) is 0 Å². The molecule has 0 saturated carbocycles. The van der Waals surface area contributed by atoms with E-state index in [2.05, 4.69) is 14.9 Å². The zero-order valence-corrected chi connectivity index (χ0v) is 11.7. The summed E-state index contributed by atoms with van der Waals surface area (Å²) >= 11 is 1.43. The van der Waals surface area contributed by atoms with Gasteiger partial charge >= 0.3 is 0 Å². The lowest BCUT2D eigenvalue weighted by molar-refractivity contribution is 0.601. The highest BCUT2D eigenvalue weighted by atomic mass is 32.2. The minimum atomic E-state index is -3.69. The summed E-state index contributed by atoms with van der Waals surface area (Å²) in [5.74, 6) is 0.167. The number of anilines is 2. The van der Waals surface area contributed by atoms with Crippen molar-refractivity contribution in [3.63, 3.8) is 0 Å². The van der Waals surface area contributed by atoms with Crippen LogP contribution in [0, 0.1) is 0 Å². The minimum absolute atomic E-state index is 0.0863. The van der Waals surface area contributed by atoms with E-state index in [1.165, 1.54) is 23.9 Å². The molecule has 1 aromatic carbocycles. The molecule has 0 fully saturated rings. The van der Waals surface area contributed by atoms with Gasteiger partial charge < -0.3 is 5.73 Å². The molecule has 0 aliphatic carbocycles. The number of aromatic nitrogens is 2. The van der Waals surface area contributed by atoms with Gasteiger partial charge in [-0.05, 0) is 36.6 Å². The molecule has 0 saturated heterocycles. The summed E-state index contributed by atoms with van der Waals surface area (Å²) in [6, 6.07) is 9.28. The van der Waals surface area contributed by atoms with Crippen molar-refractivity contribution < 1.29 is 8.42 Å². The number of nitrogens with one attached hydrogen (secondary N) is 1. The van der Waals surface area contributed by atoms with Crippen molar-refractivity contribution in [3.05, 3.63) is 36.4 Å². The second kappa shape index (κ2) is 5.45. The quantitative estimate of drug-likeness (QED) is 0.656. The van der Waals surface area contributed by atoms with Gasteiger partial charge in [-0.1, -0.05) is 6.07 Å². The van der Waals surface area contributed by atoms with Crippen molar-refractivity contribution in [3.8, 4) is 0 Å². The SMILES string of the molecule is CSc1ccc(NS(=O)(=O)c2cccc(N)c2)nn1. The molecule has 19 heavy (non-hydrogen) atoms. The van der Waals surface area contributed by atoms with E-state index in [0.29, 0.717) is 10.7 Å². The average molecular weight is 296 g/mol. The molecule has 0 amide bonds. The second-order valence-electron chi connectivity index (χ2n) is 3.64. The van der Waals surface area contributed by atoms with Crippen LogP contribution in [0.1, 0.15) is 0 Å². The number of thioether (sulfide) groups is 1. The second-order valence-corrected chi connectivity index (χ2v) is 6.15. The van der Waals surface area contributed by atoms with E-state index < -0.39 is 10.0 Å². The number of nitrogen functional groups attached to an aromatic ring is 1. The van der Waals surface area contributed by atoms with Crippen molar-refractivity contribution >= 4 is 33.3 Å². The molecular formula is C11H12N4O2S2. The van der Waals surface area contributed by atoms with Crippen molar-refractivity contribution in [1.29, 1.82) is 0 Å². The van der Waals surface area contributed by atoms with Crippen molar-refractivity contribution in [2.24, 2.45) is 0 Å². The van der Waals surface area contributed by atoms with Crippen LogP contribution in [0.4, 0.5) is 11.5 Å².